The standard InChI is InChI=1S/C17H18ClNO/c1-12(13-5-4-6-14(18)11-13)19-16-9-10-20-17-8-3-2-7-15(16)17/h2-8,11-12,16,19H,9-10H2,1H3/t12-,16?/m1/s1. The molecule has 2 aromatic carbocycles. The highest BCUT2D eigenvalue weighted by molar-refractivity contribution is 6.30. The molecule has 20 heavy (non-hydrogen) atoms. The molecular formula is C17H18ClNO. The minimum absolute atomic E-state index is 0.254. The molecule has 2 atom stereocenters. The zero-order valence-corrected chi connectivity index (χ0v) is 12.2. The monoisotopic (exact) mass is 287 g/mol. The molecule has 104 valence electrons. The number of fused-ring (bicyclic) bond motifs is 1. The first-order valence-corrected chi connectivity index (χ1v) is 7.35. The molecule has 0 aromatic heterocycles. The summed E-state index contributed by atoms with van der Waals surface area (Å²) in [4.78, 5) is 0. The molecule has 1 aliphatic rings. The summed E-state index contributed by atoms with van der Waals surface area (Å²) in [5.74, 6) is 0.995. The van der Waals surface area contributed by atoms with Gasteiger partial charge in [-0.05, 0) is 30.7 Å². The van der Waals surface area contributed by atoms with Gasteiger partial charge in [-0.3, -0.25) is 0 Å². The topological polar surface area (TPSA) is 21.3 Å². The van der Waals surface area contributed by atoms with Crippen molar-refractivity contribution in [2.45, 2.75) is 25.4 Å². The van der Waals surface area contributed by atoms with Gasteiger partial charge in [-0.25, -0.2) is 0 Å². The summed E-state index contributed by atoms with van der Waals surface area (Å²) in [5, 5.41) is 4.46. The van der Waals surface area contributed by atoms with Crippen molar-refractivity contribution in [1.29, 1.82) is 0 Å². The summed E-state index contributed by atoms with van der Waals surface area (Å²) in [7, 11) is 0. The molecule has 1 heterocycles. The molecule has 0 saturated carbocycles. The number of benzene rings is 2. The summed E-state index contributed by atoms with van der Waals surface area (Å²) < 4.78 is 5.70. The number of nitrogens with one attached hydrogen (secondary N) is 1. The molecule has 2 aromatic rings. The van der Waals surface area contributed by atoms with Crippen LogP contribution < -0.4 is 10.1 Å². The Hall–Kier alpha value is -1.51. The minimum atomic E-state index is 0.254. The Bertz CT molecular complexity index is 599. The third-order valence-electron chi connectivity index (χ3n) is 3.76. The van der Waals surface area contributed by atoms with Gasteiger partial charge in [0.1, 0.15) is 5.75 Å². The van der Waals surface area contributed by atoms with Crippen molar-refractivity contribution < 1.29 is 4.74 Å². The Balaban J connectivity index is 1.79. The van der Waals surface area contributed by atoms with E-state index >= 15 is 0 Å². The van der Waals surface area contributed by atoms with E-state index in [1.54, 1.807) is 0 Å². The van der Waals surface area contributed by atoms with Crippen LogP contribution in [0.15, 0.2) is 48.5 Å². The van der Waals surface area contributed by atoms with E-state index in [-0.39, 0.29) is 6.04 Å². The summed E-state index contributed by atoms with van der Waals surface area (Å²) in [6.45, 7) is 2.93. The molecule has 1 aliphatic heterocycles. The third kappa shape index (κ3) is 2.82. The second-order valence-electron chi connectivity index (χ2n) is 5.17. The fourth-order valence-corrected chi connectivity index (χ4v) is 2.89. The van der Waals surface area contributed by atoms with Crippen LogP contribution in [0.4, 0.5) is 0 Å². The molecule has 0 saturated heterocycles. The normalized spacial score (nSPS) is 19.0. The molecule has 0 spiro atoms. The van der Waals surface area contributed by atoms with Gasteiger partial charge in [0.05, 0.1) is 6.61 Å². The van der Waals surface area contributed by atoms with Crippen LogP contribution in [0.1, 0.15) is 36.6 Å². The van der Waals surface area contributed by atoms with Crippen molar-refractivity contribution in [3.63, 3.8) is 0 Å². The molecule has 0 aliphatic carbocycles. The number of halogens is 1. The van der Waals surface area contributed by atoms with Crippen LogP contribution in [0.5, 0.6) is 5.75 Å². The van der Waals surface area contributed by atoms with Crippen LogP contribution in [-0.4, -0.2) is 6.61 Å². The van der Waals surface area contributed by atoms with Gasteiger partial charge in [-0.1, -0.05) is 41.9 Å². The number of ether oxygens (including phenoxy) is 1. The average molecular weight is 288 g/mol. The fourth-order valence-electron chi connectivity index (χ4n) is 2.69. The van der Waals surface area contributed by atoms with E-state index in [2.05, 4.69) is 30.4 Å². The highest BCUT2D eigenvalue weighted by Gasteiger charge is 2.22. The SMILES string of the molecule is C[C@@H](NC1CCOc2ccccc21)c1cccc(Cl)c1. The van der Waals surface area contributed by atoms with E-state index < -0.39 is 0 Å². The molecule has 3 heteroatoms. The second-order valence-corrected chi connectivity index (χ2v) is 5.61. The van der Waals surface area contributed by atoms with E-state index in [0.717, 1.165) is 23.8 Å². The minimum Gasteiger partial charge on any atom is -0.493 e. The first-order chi connectivity index (χ1) is 9.74. The molecule has 0 fully saturated rings. The van der Waals surface area contributed by atoms with Gasteiger partial charge in [-0.2, -0.15) is 0 Å². The summed E-state index contributed by atoms with van der Waals surface area (Å²) in [5.41, 5.74) is 2.45. The van der Waals surface area contributed by atoms with E-state index in [1.807, 2.05) is 30.3 Å². The first-order valence-electron chi connectivity index (χ1n) is 6.97. The predicted molar refractivity (Wildman–Crippen MR) is 82.3 cm³/mol. The molecule has 0 bridgehead atoms. The summed E-state index contributed by atoms with van der Waals surface area (Å²) in [6, 6.07) is 16.9. The first kappa shape index (κ1) is 13.5. The lowest BCUT2D eigenvalue weighted by atomic mass is 9.98. The Kier molecular flexibility index (Phi) is 3.95. The van der Waals surface area contributed by atoms with Crippen LogP contribution in [0, 0.1) is 0 Å². The van der Waals surface area contributed by atoms with Gasteiger partial charge >= 0.3 is 0 Å². The van der Waals surface area contributed by atoms with Gasteiger partial charge in [0.25, 0.3) is 0 Å². The molecule has 3 rings (SSSR count). The molecule has 1 unspecified atom stereocenters. The fraction of sp³-hybridized carbons (Fsp3) is 0.294. The lowest BCUT2D eigenvalue weighted by Gasteiger charge is -2.29. The van der Waals surface area contributed by atoms with Crippen LogP contribution in [0.25, 0.3) is 0 Å². The summed E-state index contributed by atoms with van der Waals surface area (Å²) in [6.07, 6.45) is 0.988. The predicted octanol–water partition coefficient (Wildman–Crippen LogP) is 4.51. The highest BCUT2D eigenvalue weighted by Crippen LogP contribution is 2.33. The molecule has 1 N–H and O–H groups in total. The van der Waals surface area contributed by atoms with Gasteiger partial charge < -0.3 is 10.1 Å². The Morgan fingerprint density at radius 2 is 2.05 bits per heavy atom. The number of hydrogen-bond acceptors (Lipinski definition) is 2. The Labute approximate surface area is 124 Å². The van der Waals surface area contributed by atoms with Crippen molar-refractivity contribution in [3.05, 3.63) is 64.7 Å². The maximum absolute atomic E-state index is 6.06. The lowest BCUT2D eigenvalue weighted by molar-refractivity contribution is 0.246. The van der Waals surface area contributed by atoms with Crippen molar-refractivity contribution in [2.75, 3.05) is 6.61 Å². The molecule has 2 nitrogen and oxygen atoms in total. The van der Waals surface area contributed by atoms with Crippen molar-refractivity contribution in [3.8, 4) is 5.75 Å². The van der Waals surface area contributed by atoms with Crippen molar-refractivity contribution in [1.82, 2.24) is 5.32 Å². The van der Waals surface area contributed by atoms with Crippen LogP contribution in [-0.2, 0) is 0 Å². The van der Waals surface area contributed by atoms with Crippen LogP contribution >= 0.6 is 11.6 Å². The molecular weight excluding hydrogens is 270 g/mol. The third-order valence-corrected chi connectivity index (χ3v) is 3.99. The van der Waals surface area contributed by atoms with E-state index in [4.69, 9.17) is 16.3 Å². The maximum Gasteiger partial charge on any atom is 0.124 e. The van der Waals surface area contributed by atoms with Gasteiger partial charge in [0, 0.05) is 29.1 Å². The quantitative estimate of drug-likeness (QED) is 0.896. The zero-order valence-electron chi connectivity index (χ0n) is 11.5. The maximum atomic E-state index is 6.06. The Morgan fingerprint density at radius 1 is 1.20 bits per heavy atom. The summed E-state index contributed by atoms with van der Waals surface area (Å²) >= 11 is 6.06. The molecule has 0 radical (unpaired) electrons. The second kappa shape index (κ2) is 5.86. The smallest absolute Gasteiger partial charge is 0.124 e. The van der Waals surface area contributed by atoms with Gasteiger partial charge in [-0.15, -0.1) is 0 Å². The van der Waals surface area contributed by atoms with Crippen molar-refractivity contribution in [2.24, 2.45) is 0 Å². The number of rotatable bonds is 3. The largest absolute Gasteiger partial charge is 0.493 e. The number of hydrogen-bond donors (Lipinski definition) is 1. The Morgan fingerprint density at radius 3 is 2.90 bits per heavy atom. The zero-order chi connectivity index (χ0) is 13.9. The molecule has 0 amide bonds. The van der Waals surface area contributed by atoms with Crippen molar-refractivity contribution >= 4 is 11.6 Å². The number of para-hydroxylation sites is 1. The lowest BCUT2D eigenvalue weighted by Crippen LogP contribution is -2.29. The van der Waals surface area contributed by atoms with E-state index in [9.17, 15) is 0 Å². The van der Waals surface area contributed by atoms with Gasteiger partial charge in [0.15, 0.2) is 0 Å². The van der Waals surface area contributed by atoms with E-state index in [0.29, 0.717) is 6.04 Å². The van der Waals surface area contributed by atoms with Crippen LogP contribution in [0.2, 0.25) is 5.02 Å². The highest BCUT2D eigenvalue weighted by atomic mass is 35.5. The van der Waals surface area contributed by atoms with Gasteiger partial charge in [0.2, 0.25) is 0 Å². The van der Waals surface area contributed by atoms with Crippen LogP contribution in [0.3, 0.4) is 0 Å². The average Bonchev–Trinajstić information content (AvgIpc) is 2.47. The van der Waals surface area contributed by atoms with E-state index in [1.165, 1.54) is 11.1 Å².